The van der Waals surface area contributed by atoms with E-state index in [1.807, 2.05) is 0 Å². The molecule has 0 amide bonds. The molecule has 0 aliphatic heterocycles. The lowest BCUT2D eigenvalue weighted by Crippen LogP contribution is -2.52. The van der Waals surface area contributed by atoms with Crippen LogP contribution in [0.4, 0.5) is 13.2 Å². The lowest BCUT2D eigenvalue weighted by molar-refractivity contribution is -0.249. The van der Waals surface area contributed by atoms with Crippen molar-refractivity contribution >= 4 is 19.9 Å². The Kier molecular flexibility index (Phi) is 4.51. The highest BCUT2D eigenvalue weighted by Crippen LogP contribution is 2.44. The minimum atomic E-state index is -4.55. The van der Waals surface area contributed by atoms with E-state index in [0.29, 0.717) is 0 Å². The molecule has 1 aromatic carbocycles. The van der Waals surface area contributed by atoms with E-state index in [1.54, 1.807) is 37.8 Å². The zero-order valence-electron chi connectivity index (χ0n) is 10.5. The minimum absolute atomic E-state index is 0.0509. The zero-order valence-corrected chi connectivity index (χ0v) is 12.3. The van der Waals surface area contributed by atoms with Gasteiger partial charge in [-0.15, -0.1) is 11.6 Å². The van der Waals surface area contributed by atoms with Crippen LogP contribution in [0.1, 0.15) is 5.56 Å². The summed E-state index contributed by atoms with van der Waals surface area (Å²) in [6, 6.07) is 7.56. The first-order valence-electron chi connectivity index (χ1n) is 5.51. The second-order valence-electron chi connectivity index (χ2n) is 5.04. The van der Waals surface area contributed by atoms with E-state index in [-0.39, 0.29) is 5.56 Å². The van der Waals surface area contributed by atoms with Gasteiger partial charge in [0.25, 0.3) is 0 Å². The maximum atomic E-state index is 13.4. The quantitative estimate of drug-likeness (QED) is 0.586. The van der Waals surface area contributed by atoms with E-state index in [9.17, 15) is 13.2 Å². The summed E-state index contributed by atoms with van der Waals surface area (Å²) >= 11 is 5.63. The highest BCUT2D eigenvalue weighted by molar-refractivity contribution is 6.69. The lowest BCUT2D eigenvalue weighted by atomic mass is 9.95. The van der Waals surface area contributed by atoms with Gasteiger partial charge in [-0.25, -0.2) is 0 Å². The molecule has 1 rings (SSSR count). The Balaban J connectivity index is 3.33. The number of rotatable bonds is 4. The van der Waals surface area contributed by atoms with Gasteiger partial charge in [0.2, 0.25) is 0 Å². The number of halogens is 4. The molecule has 0 aliphatic rings. The SMILES string of the molecule is C[Si](C)(C)O[C@](CCl)(c1ccccc1)C(F)(F)F. The molecule has 0 unspecified atom stereocenters. The van der Waals surface area contributed by atoms with Crippen LogP contribution in [0.3, 0.4) is 0 Å². The first-order chi connectivity index (χ1) is 8.12. The topological polar surface area (TPSA) is 9.23 Å². The Bertz CT molecular complexity index is 389. The van der Waals surface area contributed by atoms with Gasteiger partial charge in [-0.2, -0.15) is 13.2 Å². The first kappa shape index (κ1) is 15.5. The molecule has 6 heteroatoms. The van der Waals surface area contributed by atoms with Crippen LogP contribution in [0.5, 0.6) is 0 Å². The van der Waals surface area contributed by atoms with Crippen molar-refractivity contribution in [2.75, 3.05) is 5.88 Å². The van der Waals surface area contributed by atoms with Crippen LogP contribution in [-0.2, 0) is 10.0 Å². The van der Waals surface area contributed by atoms with Crippen molar-refractivity contribution in [3.8, 4) is 0 Å². The smallest absolute Gasteiger partial charge is 0.400 e. The summed E-state index contributed by atoms with van der Waals surface area (Å²) in [5.41, 5.74) is -2.37. The van der Waals surface area contributed by atoms with Crippen molar-refractivity contribution in [2.45, 2.75) is 31.4 Å². The fourth-order valence-corrected chi connectivity index (χ4v) is 3.49. The Morgan fingerprint density at radius 3 is 1.94 bits per heavy atom. The molecule has 0 fully saturated rings. The van der Waals surface area contributed by atoms with Crippen molar-refractivity contribution < 1.29 is 17.6 Å². The van der Waals surface area contributed by atoms with Crippen LogP contribution in [0.2, 0.25) is 19.6 Å². The molecule has 0 aromatic heterocycles. The molecular formula is C12H16ClF3OSi. The molecule has 0 saturated carbocycles. The molecule has 18 heavy (non-hydrogen) atoms. The predicted octanol–water partition coefficient (Wildman–Crippen LogP) is 4.53. The van der Waals surface area contributed by atoms with E-state index >= 15 is 0 Å². The van der Waals surface area contributed by atoms with E-state index in [0.717, 1.165) is 0 Å². The second kappa shape index (κ2) is 5.23. The van der Waals surface area contributed by atoms with Crippen molar-refractivity contribution in [2.24, 2.45) is 0 Å². The van der Waals surface area contributed by atoms with Gasteiger partial charge in [-0.05, 0) is 25.2 Å². The van der Waals surface area contributed by atoms with Crippen LogP contribution in [-0.4, -0.2) is 20.4 Å². The summed E-state index contributed by atoms with van der Waals surface area (Å²) in [5.74, 6) is -0.648. The number of hydrogen-bond donors (Lipinski definition) is 0. The van der Waals surface area contributed by atoms with Gasteiger partial charge in [0.1, 0.15) is 0 Å². The summed E-state index contributed by atoms with van der Waals surface area (Å²) in [4.78, 5) is 0. The van der Waals surface area contributed by atoms with Crippen LogP contribution in [0, 0.1) is 0 Å². The lowest BCUT2D eigenvalue weighted by Gasteiger charge is -2.39. The molecule has 0 aliphatic carbocycles. The summed E-state index contributed by atoms with van der Waals surface area (Å²) in [7, 11) is -2.41. The average molecular weight is 297 g/mol. The van der Waals surface area contributed by atoms with Gasteiger partial charge in [-0.1, -0.05) is 30.3 Å². The second-order valence-corrected chi connectivity index (χ2v) is 9.73. The first-order valence-corrected chi connectivity index (χ1v) is 9.45. The zero-order chi connectivity index (χ0) is 14.0. The molecular weight excluding hydrogens is 281 g/mol. The number of hydrogen-bond acceptors (Lipinski definition) is 1. The van der Waals surface area contributed by atoms with Crippen molar-refractivity contribution in [3.63, 3.8) is 0 Å². The van der Waals surface area contributed by atoms with Gasteiger partial charge >= 0.3 is 6.18 Å². The molecule has 0 spiro atoms. The van der Waals surface area contributed by atoms with Crippen LogP contribution < -0.4 is 0 Å². The normalized spacial score (nSPS) is 16.4. The summed E-state index contributed by atoms with van der Waals surface area (Å²) in [6.07, 6.45) is -4.55. The summed E-state index contributed by atoms with van der Waals surface area (Å²) < 4.78 is 45.6. The van der Waals surface area contributed by atoms with E-state index in [2.05, 4.69) is 0 Å². The Hall–Kier alpha value is -0.523. The Morgan fingerprint density at radius 1 is 1.11 bits per heavy atom. The van der Waals surface area contributed by atoms with Crippen molar-refractivity contribution in [3.05, 3.63) is 35.9 Å². The molecule has 0 radical (unpaired) electrons. The Labute approximate surface area is 111 Å². The molecule has 0 heterocycles. The highest BCUT2D eigenvalue weighted by atomic mass is 35.5. The fourth-order valence-electron chi connectivity index (χ4n) is 1.69. The number of benzene rings is 1. The van der Waals surface area contributed by atoms with Gasteiger partial charge < -0.3 is 4.43 Å². The third-order valence-corrected chi connectivity index (χ3v) is 3.70. The maximum Gasteiger partial charge on any atom is 0.421 e. The highest BCUT2D eigenvalue weighted by Gasteiger charge is 2.58. The third kappa shape index (κ3) is 3.27. The standard InChI is InChI=1S/C12H16ClF3OSi/c1-18(2,3)17-11(9-13,12(14,15)16)10-7-5-4-6-8-10/h4-8H,9H2,1-3H3/t11-/m1/s1. The van der Waals surface area contributed by atoms with E-state index in [1.165, 1.54) is 12.1 Å². The molecule has 102 valence electrons. The molecule has 1 atom stereocenters. The Morgan fingerprint density at radius 2 is 1.61 bits per heavy atom. The number of alkyl halides is 4. The van der Waals surface area contributed by atoms with E-state index < -0.39 is 26.0 Å². The van der Waals surface area contributed by atoms with Gasteiger partial charge in [-0.3, -0.25) is 0 Å². The van der Waals surface area contributed by atoms with Crippen LogP contribution in [0.25, 0.3) is 0 Å². The maximum absolute atomic E-state index is 13.4. The van der Waals surface area contributed by atoms with Crippen LogP contribution in [0.15, 0.2) is 30.3 Å². The van der Waals surface area contributed by atoms with Gasteiger partial charge in [0.15, 0.2) is 13.9 Å². The fraction of sp³-hybridized carbons (Fsp3) is 0.500. The van der Waals surface area contributed by atoms with Gasteiger partial charge in [0.05, 0.1) is 5.88 Å². The largest absolute Gasteiger partial charge is 0.421 e. The third-order valence-electron chi connectivity index (χ3n) is 2.37. The molecule has 0 N–H and O–H groups in total. The monoisotopic (exact) mass is 296 g/mol. The van der Waals surface area contributed by atoms with Crippen LogP contribution >= 0.6 is 11.6 Å². The summed E-state index contributed by atoms with van der Waals surface area (Å²) in [5, 5.41) is 0. The molecule has 1 aromatic rings. The van der Waals surface area contributed by atoms with Crippen molar-refractivity contribution in [1.82, 2.24) is 0 Å². The molecule has 0 bridgehead atoms. The average Bonchev–Trinajstić information content (AvgIpc) is 2.24. The molecule has 0 saturated heterocycles. The summed E-state index contributed by atoms with van der Waals surface area (Å²) in [6.45, 7) is 5.13. The minimum Gasteiger partial charge on any atom is -0.400 e. The molecule has 1 nitrogen and oxygen atoms in total. The van der Waals surface area contributed by atoms with Crippen molar-refractivity contribution in [1.29, 1.82) is 0 Å². The predicted molar refractivity (Wildman–Crippen MR) is 69.3 cm³/mol. The van der Waals surface area contributed by atoms with Gasteiger partial charge in [0, 0.05) is 0 Å². The van der Waals surface area contributed by atoms with E-state index in [4.69, 9.17) is 16.0 Å².